The predicted molar refractivity (Wildman–Crippen MR) is 116 cm³/mol. The lowest BCUT2D eigenvalue weighted by atomic mass is 10.2. The summed E-state index contributed by atoms with van der Waals surface area (Å²) in [6, 6.07) is 7.61. The highest BCUT2D eigenvalue weighted by molar-refractivity contribution is 7.93. The lowest BCUT2D eigenvalue weighted by Gasteiger charge is -2.20. The molecule has 33 heavy (non-hydrogen) atoms. The minimum absolute atomic E-state index is 0.123. The van der Waals surface area contributed by atoms with E-state index in [0.29, 0.717) is 12.2 Å². The minimum atomic E-state index is -4.48. The highest BCUT2D eigenvalue weighted by Crippen LogP contribution is 2.28. The van der Waals surface area contributed by atoms with Gasteiger partial charge in [0.2, 0.25) is 11.8 Å². The number of anilines is 1. The zero-order valence-electron chi connectivity index (χ0n) is 17.7. The zero-order valence-corrected chi connectivity index (χ0v) is 18.5. The molecule has 0 spiro atoms. The number of sulfone groups is 1. The second kappa shape index (κ2) is 9.61. The van der Waals surface area contributed by atoms with Crippen LogP contribution >= 0.6 is 0 Å². The van der Waals surface area contributed by atoms with Gasteiger partial charge in [0.1, 0.15) is 17.9 Å². The maximum atomic E-state index is 13.0. The number of rotatable bonds is 9. The molecule has 2 aromatic rings. The van der Waals surface area contributed by atoms with Gasteiger partial charge in [-0.2, -0.15) is 18.2 Å². The number of halogens is 3. The van der Waals surface area contributed by atoms with Gasteiger partial charge >= 0.3 is 6.18 Å². The fourth-order valence-electron chi connectivity index (χ4n) is 2.73. The molecular formula is C21H21F3N4O4S. The van der Waals surface area contributed by atoms with Crippen molar-refractivity contribution in [3.05, 3.63) is 65.2 Å². The fraction of sp³-hybridized carbons (Fsp3) is 0.286. The molecule has 1 aromatic carbocycles. The largest absolute Gasteiger partial charge is 0.438 e. The predicted octanol–water partition coefficient (Wildman–Crippen LogP) is 3.25. The minimum Gasteiger partial charge on any atom is -0.438 e. The Balaban J connectivity index is 1.91. The summed E-state index contributed by atoms with van der Waals surface area (Å²) < 4.78 is 66.9. The molecule has 1 heterocycles. The first-order valence-electron chi connectivity index (χ1n) is 9.67. The Labute approximate surface area is 188 Å². The number of carbonyl (C=O) groups is 1. The third-order valence-corrected chi connectivity index (χ3v) is 5.00. The Morgan fingerprint density at radius 1 is 1.30 bits per heavy atom. The molecule has 0 unspecified atom stereocenters. The normalized spacial score (nSPS) is 14.5. The molecule has 0 saturated heterocycles. The third kappa shape index (κ3) is 7.59. The lowest BCUT2D eigenvalue weighted by Crippen LogP contribution is -2.34. The third-order valence-electron chi connectivity index (χ3n) is 4.35. The van der Waals surface area contributed by atoms with Crippen LogP contribution in [0.15, 0.2) is 59.7 Å². The standard InChI is InChI=1S/C21H21F3N4O4S/c1-28(13-21(22,23)24)20-25-12-16(19(27-20)32-15-6-4-3-5-7-15)18(29)26-17(14-8-9-14)10-11-33(2,30)31/h3-8,10-12,17H,9,13H2,1-2H3,(H,26,29)/b11-10+/t17-/m1/s1. The van der Waals surface area contributed by atoms with Gasteiger partial charge in [-0.25, -0.2) is 13.4 Å². The number of hydrogen-bond donors (Lipinski definition) is 1. The number of nitrogens with one attached hydrogen (secondary N) is 1. The number of nitrogens with zero attached hydrogens (tertiary/aromatic N) is 3. The molecule has 1 atom stereocenters. The van der Waals surface area contributed by atoms with Gasteiger partial charge in [0.25, 0.3) is 5.91 Å². The second-order valence-corrected chi connectivity index (χ2v) is 9.30. The number of allylic oxidation sites excluding steroid dienone is 1. The first-order valence-corrected chi connectivity index (χ1v) is 11.6. The van der Waals surface area contributed by atoms with Crippen molar-refractivity contribution in [2.75, 3.05) is 24.7 Å². The average molecular weight is 482 g/mol. The van der Waals surface area contributed by atoms with Crippen LogP contribution in [0.25, 0.3) is 0 Å². The quantitative estimate of drug-likeness (QED) is 0.548. The summed E-state index contributed by atoms with van der Waals surface area (Å²) in [6.07, 6.45) is 1.40. The van der Waals surface area contributed by atoms with E-state index in [1.807, 2.05) is 6.08 Å². The van der Waals surface area contributed by atoms with Crippen molar-refractivity contribution in [3.8, 4) is 11.6 Å². The van der Waals surface area contributed by atoms with Gasteiger partial charge in [0, 0.05) is 24.9 Å². The van der Waals surface area contributed by atoms with Gasteiger partial charge in [0.15, 0.2) is 9.84 Å². The molecular weight excluding hydrogens is 461 g/mol. The summed E-state index contributed by atoms with van der Waals surface area (Å²) in [5, 5.41) is 3.66. The lowest BCUT2D eigenvalue weighted by molar-refractivity contribution is -0.119. The van der Waals surface area contributed by atoms with Crippen LogP contribution in [0.2, 0.25) is 0 Å². The van der Waals surface area contributed by atoms with Crippen LogP contribution in [0.1, 0.15) is 16.8 Å². The molecule has 1 N–H and O–H groups in total. The molecule has 0 radical (unpaired) electrons. The van der Waals surface area contributed by atoms with Gasteiger partial charge in [-0.05, 0) is 30.2 Å². The van der Waals surface area contributed by atoms with Crippen LogP contribution in [-0.4, -0.2) is 56.4 Å². The molecule has 1 aliphatic carbocycles. The molecule has 3 rings (SSSR count). The van der Waals surface area contributed by atoms with E-state index in [4.69, 9.17) is 4.74 Å². The Morgan fingerprint density at radius 3 is 2.55 bits per heavy atom. The molecule has 0 aliphatic heterocycles. The van der Waals surface area contributed by atoms with E-state index in [1.54, 1.807) is 30.3 Å². The summed E-state index contributed by atoms with van der Waals surface area (Å²) in [6.45, 7) is -1.30. The van der Waals surface area contributed by atoms with E-state index >= 15 is 0 Å². The fourth-order valence-corrected chi connectivity index (χ4v) is 3.17. The number of para-hydroxylation sites is 1. The van der Waals surface area contributed by atoms with Crippen LogP contribution in [0.3, 0.4) is 0 Å². The van der Waals surface area contributed by atoms with Crippen molar-refractivity contribution in [1.82, 2.24) is 15.3 Å². The Hall–Kier alpha value is -3.41. The maximum absolute atomic E-state index is 13.0. The van der Waals surface area contributed by atoms with Gasteiger partial charge in [0.05, 0.1) is 6.04 Å². The first-order chi connectivity index (χ1) is 15.4. The molecule has 176 valence electrons. The van der Waals surface area contributed by atoms with Crippen LogP contribution in [0.4, 0.5) is 19.1 Å². The van der Waals surface area contributed by atoms with Crippen LogP contribution in [0, 0.1) is 0 Å². The van der Waals surface area contributed by atoms with Crippen molar-refractivity contribution >= 4 is 21.7 Å². The van der Waals surface area contributed by atoms with Crippen molar-refractivity contribution in [3.63, 3.8) is 0 Å². The number of aromatic nitrogens is 2. The molecule has 1 aromatic heterocycles. The number of amides is 1. The first kappa shape index (κ1) is 24.2. The average Bonchev–Trinajstić information content (AvgIpc) is 3.55. The van der Waals surface area contributed by atoms with Crippen LogP contribution in [-0.2, 0) is 9.84 Å². The summed E-state index contributed by atoms with van der Waals surface area (Å²) in [5.41, 5.74) is 0.693. The molecule has 0 saturated carbocycles. The number of alkyl halides is 3. The second-order valence-electron chi connectivity index (χ2n) is 7.37. The van der Waals surface area contributed by atoms with Gasteiger partial charge in [-0.3, -0.25) is 4.79 Å². The smallest absolute Gasteiger partial charge is 0.406 e. The molecule has 12 heteroatoms. The van der Waals surface area contributed by atoms with E-state index in [-0.39, 0.29) is 17.4 Å². The topological polar surface area (TPSA) is 101 Å². The molecule has 0 bridgehead atoms. The number of carbonyl (C=O) groups excluding carboxylic acids is 1. The number of ether oxygens (including phenoxy) is 1. The van der Waals surface area contributed by atoms with E-state index in [2.05, 4.69) is 15.3 Å². The number of benzene rings is 1. The maximum Gasteiger partial charge on any atom is 0.406 e. The molecule has 0 fully saturated rings. The van der Waals surface area contributed by atoms with Crippen LogP contribution in [0.5, 0.6) is 11.6 Å². The van der Waals surface area contributed by atoms with Crippen molar-refractivity contribution in [2.45, 2.75) is 18.6 Å². The highest BCUT2D eigenvalue weighted by atomic mass is 32.2. The van der Waals surface area contributed by atoms with E-state index < -0.39 is 34.5 Å². The SMILES string of the molecule is CN(CC(F)(F)F)c1ncc(C(=O)N[C@H](/C=C/S(C)(=O)=O)C2=CC2)c(Oc2ccccc2)n1. The summed E-state index contributed by atoms with van der Waals surface area (Å²) in [5.74, 6) is -0.892. The van der Waals surface area contributed by atoms with Crippen LogP contribution < -0.4 is 15.0 Å². The summed E-state index contributed by atoms with van der Waals surface area (Å²) in [4.78, 5) is 21.7. The summed E-state index contributed by atoms with van der Waals surface area (Å²) in [7, 11) is -2.24. The Kier molecular flexibility index (Phi) is 7.06. The zero-order chi connectivity index (χ0) is 24.2. The van der Waals surface area contributed by atoms with E-state index in [9.17, 15) is 26.4 Å². The van der Waals surface area contributed by atoms with Gasteiger partial charge in [-0.1, -0.05) is 24.3 Å². The molecule has 8 nitrogen and oxygen atoms in total. The van der Waals surface area contributed by atoms with Crippen molar-refractivity contribution in [1.29, 1.82) is 0 Å². The summed E-state index contributed by atoms with van der Waals surface area (Å²) >= 11 is 0. The van der Waals surface area contributed by atoms with E-state index in [0.717, 1.165) is 28.3 Å². The molecule has 1 aliphatic rings. The van der Waals surface area contributed by atoms with E-state index in [1.165, 1.54) is 13.1 Å². The Morgan fingerprint density at radius 2 is 1.97 bits per heavy atom. The van der Waals surface area contributed by atoms with Crippen molar-refractivity contribution in [2.24, 2.45) is 0 Å². The van der Waals surface area contributed by atoms with Gasteiger partial charge < -0.3 is 15.0 Å². The number of hydrogen-bond acceptors (Lipinski definition) is 7. The van der Waals surface area contributed by atoms with Crippen molar-refractivity contribution < 1.29 is 31.1 Å². The molecule has 1 amide bonds. The monoisotopic (exact) mass is 482 g/mol. The highest BCUT2D eigenvalue weighted by Gasteiger charge is 2.31. The Bertz CT molecular complexity index is 1180. The van der Waals surface area contributed by atoms with Gasteiger partial charge in [-0.15, -0.1) is 0 Å².